The van der Waals surface area contributed by atoms with Gasteiger partial charge in [0.05, 0.1) is 12.6 Å². The summed E-state index contributed by atoms with van der Waals surface area (Å²) in [7, 11) is 0. The van der Waals surface area contributed by atoms with Gasteiger partial charge < -0.3 is 15.0 Å². The molecule has 0 aromatic heterocycles. The maximum atomic E-state index is 12.1. The lowest BCUT2D eigenvalue weighted by molar-refractivity contribution is -0.158. The van der Waals surface area contributed by atoms with Crippen LogP contribution in [0.5, 0.6) is 0 Å². The van der Waals surface area contributed by atoms with E-state index in [0.29, 0.717) is 13.2 Å². The highest BCUT2D eigenvalue weighted by atomic mass is 16.5. The quantitative estimate of drug-likeness (QED) is 0.679. The molecule has 2 heterocycles. The van der Waals surface area contributed by atoms with Gasteiger partial charge in [0.1, 0.15) is 11.6 Å². The van der Waals surface area contributed by atoms with Crippen molar-refractivity contribution < 1.29 is 14.3 Å². The fraction of sp³-hybridized carbons (Fsp3) is 0.818. The number of hydrogen-bond donors (Lipinski definition) is 1. The first kappa shape index (κ1) is 11.4. The molecule has 1 N–H and O–H groups in total. The van der Waals surface area contributed by atoms with Crippen molar-refractivity contribution in [2.45, 2.75) is 44.8 Å². The molecule has 2 unspecified atom stereocenters. The number of carbonyl (C=O) groups excluding carboxylic acids is 2. The first-order chi connectivity index (χ1) is 7.44. The van der Waals surface area contributed by atoms with E-state index in [2.05, 4.69) is 5.32 Å². The van der Waals surface area contributed by atoms with E-state index in [1.165, 1.54) is 0 Å². The van der Waals surface area contributed by atoms with E-state index in [-0.39, 0.29) is 17.9 Å². The molecule has 2 aliphatic heterocycles. The fourth-order valence-corrected chi connectivity index (χ4v) is 2.39. The lowest BCUT2D eigenvalue weighted by Crippen LogP contribution is -2.70. The average Bonchev–Trinajstić information content (AvgIpc) is 2.68. The molecule has 0 bridgehead atoms. The van der Waals surface area contributed by atoms with Crippen LogP contribution < -0.4 is 5.32 Å². The van der Waals surface area contributed by atoms with Gasteiger partial charge in [-0.05, 0) is 27.2 Å². The van der Waals surface area contributed by atoms with Gasteiger partial charge in [-0.3, -0.25) is 9.59 Å². The molecule has 2 amide bonds. The minimum Gasteiger partial charge on any atom is -0.379 e. The maximum Gasteiger partial charge on any atom is 0.246 e. The predicted molar refractivity (Wildman–Crippen MR) is 57.8 cm³/mol. The molecule has 5 nitrogen and oxygen atoms in total. The summed E-state index contributed by atoms with van der Waals surface area (Å²) in [5.41, 5.74) is -0.776. The highest BCUT2D eigenvalue weighted by Gasteiger charge is 2.48. The Morgan fingerprint density at radius 2 is 2.12 bits per heavy atom. The SMILES string of the molecule is CC1NC(=O)C(C)(C)N(C2CCOC2)C1=O. The average molecular weight is 226 g/mol. The summed E-state index contributed by atoms with van der Waals surface area (Å²) >= 11 is 0. The van der Waals surface area contributed by atoms with Crippen LogP contribution in [-0.4, -0.2) is 47.6 Å². The van der Waals surface area contributed by atoms with E-state index in [0.717, 1.165) is 6.42 Å². The Labute approximate surface area is 95.1 Å². The van der Waals surface area contributed by atoms with Gasteiger partial charge in [-0.1, -0.05) is 0 Å². The normalized spacial score (nSPS) is 34.1. The second-order valence-electron chi connectivity index (χ2n) is 4.98. The Kier molecular flexibility index (Phi) is 2.66. The number of nitrogens with zero attached hydrogens (tertiary/aromatic N) is 1. The number of carbonyl (C=O) groups is 2. The monoisotopic (exact) mass is 226 g/mol. The Morgan fingerprint density at radius 3 is 2.69 bits per heavy atom. The Hall–Kier alpha value is -1.10. The second kappa shape index (κ2) is 3.73. The highest BCUT2D eigenvalue weighted by molar-refractivity contribution is 5.99. The van der Waals surface area contributed by atoms with E-state index in [1.54, 1.807) is 25.7 Å². The summed E-state index contributed by atoms with van der Waals surface area (Å²) in [5.74, 6) is -0.105. The van der Waals surface area contributed by atoms with Crippen LogP contribution in [0, 0.1) is 0 Å². The lowest BCUT2D eigenvalue weighted by atomic mass is 9.93. The van der Waals surface area contributed by atoms with Crippen LogP contribution in [0.15, 0.2) is 0 Å². The summed E-state index contributed by atoms with van der Waals surface area (Å²) in [6.07, 6.45) is 0.815. The van der Waals surface area contributed by atoms with E-state index >= 15 is 0 Å². The summed E-state index contributed by atoms with van der Waals surface area (Å²) in [6, 6.07) is -0.392. The first-order valence-electron chi connectivity index (χ1n) is 5.66. The van der Waals surface area contributed by atoms with Gasteiger partial charge in [0.25, 0.3) is 0 Å². The zero-order chi connectivity index (χ0) is 11.9. The number of hydrogen-bond acceptors (Lipinski definition) is 3. The molecule has 2 atom stereocenters. The molecular weight excluding hydrogens is 208 g/mol. The first-order valence-corrected chi connectivity index (χ1v) is 5.66. The number of nitrogens with one attached hydrogen (secondary N) is 1. The summed E-state index contributed by atoms with van der Waals surface area (Å²) in [4.78, 5) is 25.7. The molecular formula is C11H18N2O3. The van der Waals surface area contributed by atoms with Gasteiger partial charge in [0, 0.05) is 6.61 Å². The van der Waals surface area contributed by atoms with Crippen LogP contribution in [0.3, 0.4) is 0 Å². The van der Waals surface area contributed by atoms with Crippen molar-refractivity contribution in [1.29, 1.82) is 0 Å². The predicted octanol–water partition coefficient (Wildman–Crippen LogP) is -0.0992. The molecule has 0 aliphatic carbocycles. The van der Waals surface area contributed by atoms with Crippen molar-refractivity contribution >= 4 is 11.8 Å². The van der Waals surface area contributed by atoms with Gasteiger partial charge in [-0.2, -0.15) is 0 Å². The van der Waals surface area contributed by atoms with Crippen molar-refractivity contribution in [1.82, 2.24) is 10.2 Å². The van der Waals surface area contributed by atoms with Gasteiger partial charge >= 0.3 is 0 Å². The zero-order valence-corrected chi connectivity index (χ0v) is 9.95. The molecule has 2 fully saturated rings. The van der Waals surface area contributed by atoms with Gasteiger partial charge in [0.15, 0.2) is 0 Å². The topological polar surface area (TPSA) is 58.6 Å². The third-order valence-corrected chi connectivity index (χ3v) is 3.38. The van der Waals surface area contributed by atoms with Crippen LogP contribution in [0.1, 0.15) is 27.2 Å². The molecule has 2 aliphatic rings. The van der Waals surface area contributed by atoms with Gasteiger partial charge in [-0.15, -0.1) is 0 Å². The molecule has 2 saturated heterocycles. The summed E-state index contributed by atoms with van der Waals surface area (Å²) in [5, 5.41) is 2.70. The largest absolute Gasteiger partial charge is 0.379 e. The van der Waals surface area contributed by atoms with Crippen LogP contribution in [0.25, 0.3) is 0 Å². The molecule has 0 saturated carbocycles. The van der Waals surface area contributed by atoms with Crippen LogP contribution in [-0.2, 0) is 14.3 Å². The van der Waals surface area contributed by atoms with Crippen LogP contribution in [0.4, 0.5) is 0 Å². The van der Waals surface area contributed by atoms with Crippen LogP contribution >= 0.6 is 0 Å². The molecule has 16 heavy (non-hydrogen) atoms. The third kappa shape index (κ3) is 1.59. The number of rotatable bonds is 1. The Bertz CT molecular complexity index is 321. The van der Waals surface area contributed by atoms with E-state index in [1.807, 2.05) is 0 Å². The molecule has 0 aromatic carbocycles. The molecule has 0 spiro atoms. The Balaban J connectivity index is 2.29. The van der Waals surface area contributed by atoms with Crippen molar-refractivity contribution in [3.63, 3.8) is 0 Å². The lowest BCUT2D eigenvalue weighted by Gasteiger charge is -2.46. The minimum absolute atomic E-state index is 0.0138. The third-order valence-electron chi connectivity index (χ3n) is 3.38. The molecule has 2 rings (SSSR count). The fourth-order valence-electron chi connectivity index (χ4n) is 2.39. The van der Waals surface area contributed by atoms with E-state index in [9.17, 15) is 9.59 Å². The molecule has 0 aromatic rings. The van der Waals surface area contributed by atoms with Crippen molar-refractivity contribution in [3.05, 3.63) is 0 Å². The van der Waals surface area contributed by atoms with Crippen molar-refractivity contribution in [2.75, 3.05) is 13.2 Å². The number of ether oxygens (including phenoxy) is 1. The molecule has 5 heteroatoms. The van der Waals surface area contributed by atoms with E-state index in [4.69, 9.17) is 4.74 Å². The highest BCUT2D eigenvalue weighted by Crippen LogP contribution is 2.27. The Morgan fingerprint density at radius 1 is 1.44 bits per heavy atom. The van der Waals surface area contributed by atoms with Gasteiger partial charge in [0.2, 0.25) is 11.8 Å². The summed E-state index contributed by atoms with van der Waals surface area (Å²) < 4.78 is 5.30. The minimum atomic E-state index is -0.776. The zero-order valence-electron chi connectivity index (χ0n) is 9.95. The molecule has 90 valence electrons. The van der Waals surface area contributed by atoms with Gasteiger partial charge in [-0.25, -0.2) is 0 Å². The molecule has 0 radical (unpaired) electrons. The van der Waals surface area contributed by atoms with Crippen LogP contribution in [0.2, 0.25) is 0 Å². The number of amides is 2. The smallest absolute Gasteiger partial charge is 0.246 e. The summed E-state index contributed by atoms with van der Waals surface area (Å²) in [6.45, 7) is 6.49. The van der Waals surface area contributed by atoms with E-state index < -0.39 is 11.6 Å². The van der Waals surface area contributed by atoms with Crippen molar-refractivity contribution in [3.8, 4) is 0 Å². The second-order valence-corrected chi connectivity index (χ2v) is 4.98. The number of piperazine rings is 1. The maximum absolute atomic E-state index is 12.1. The standard InChI is InChI=1S/C11H18N2O3/c1-7-9(14)13(8-4-5-16-6-8)11(2,3)10(15)12-7/h7-8H,4-6H2,1-3H3,(H,12,15). The van der Waals surface area contributed by atoms with Crippen molar-refractivity contribution in [2.24, 2.45) is 0 Å².